The zero-order valence-electron chi connectivity index (χ0n) is 45.7. The molecular formula is C54H54O27. The van der Waals surface area contributed by atoms with Gasteiger partial charge in [0.2, 0.25) is 41.5 Å². The van der Waals surface area contributed by atoms with E-state index in [0.717, 1.165) is 26.4 Å². The van der Waals surface area contributed by atoms with Crippen molar-refractivity contribution in [3.05, 3.63) is 69.8 Å². The van der Waals surface area contributed by atoms with Gasteiger partial charge in [0.15, 0.2) is 58.2 Å². The highest BCUT2D eigenvalue weighted by atomic mass is 16.8. The van der Waals surface area contributed by atoms with Gasteiger partial charge in [-0.05, 0) is 30.3 Å². The number of benzene rings is 4. The molecule has 432 valence electrons. The van der Waals surface area contributed by atoms with E-state index in [0.29, 0.717) is 6.08 Å². The first-order valence-corrected chi connectivity index (χ1v) is 24.0. The molecule has 8 rings (SSSR count). The lowest BCUT2D eigenvalue weighted by atomic mass is 9.81. The third-order valence-electron chi connectivity index (χ3n) is 13.4. The molecule has 27 nitrogen and oxygen atoms in total. The number of methoxy groups -OCH3 is 13. The van der Waals surface area contributed by atoms with E-state index in [1.54, 1.807) is 0 Å². The van der Waals surface area contributed by atoms with E-state index in [4.69, 9.17) is 94.7 Å². The molecule has 4 aliphatic heterocycles. The average Bonchev–Trinajstić information content (AvgIpc) is 3.38. The Balaban J connectivity index is 1.46. The van der Waals surface area contributed by atoms with Gasteiger partial charge in [-0.15, -0.1) is 0 Å². The summed E-state index contributed by atoms with van der Waals surface area (Å²) in [5.74, 6) is -12.5. The van der Waals surface area contributed by atoms with Crippen molar-refractivity contribution < 1.29 is 128 Å². The summed E-state index contributed by atoms with van der Waals surface area (Å²) < 4.78 is 116. The van der Waals surface area contributed by atoms with Crippen molar-refractivity contribution in [1.29, 1.82) is 0 Å². The second-order valence-electron chi connectivity index (χ2n) is 17.3. The number of esters is 7. The Bertz CT molecular complexity index is 3210. The molecule has 81 heavy (non-hydrogen) atoms. The molecule has 0 saturated carbocycles. The predicted molar refractivity (Wildman–Crippen MR) is 269 cm³/mol. The van der Waals surface area contributed by atoms with Crippen molar-refractivity contribution in [2.24, 2.45) is 0 Å². The molecular weight excluding hydrogens is 1080 g/mol. The molecule has 4 aromatic carbocycles. The van der Waals surface area contributed by atoms with Gasteiger partial charge >= 0.3 is 41.8 Å². The maximum absolute atomic E-state index is 15.7. The number of ether oxygens (including phenoxy) is 20. The fourth-order valence-electron chi connectivity index (χ4n) is 9.87. The molecule has 0 aromatic heterocycles. The number of hydrogen-bond acceptors (Lipinski definition) is 27. The lowest BCUT2D eigenvalue weighted by Crippen LogP contribution is -2.63. The van der Waals surface area contributed by atoms with Crippen molar-refractivity contribution in [3.8, 4) is 80.1 Å². The van der Waals surface area contributed by atoms with Crippen molar-refractivity contribution in [1.82, 2.24) is 0 Å². The molecule has 0 aliphatic carbocycles. The van der Waals surface area contributed by atoms with Gasteiger partial charge in [-0.25, -0.2) is 33.6 Å². The Morgan fingerprint density at radius 1 is 0.457 bits per heavy atom. The van der Waals surface area contributed by atoms with Crippen LogP contribution in [0, 0.1) is 0 Å². The summed E-state index contributed by atoms with van der Waals surface area (Å²) in [7, 11) is 16.0. The maximum Gasteiger partial charge on any atom is 0.348 e. The average molecular weight is 1130 g/mol. The van der Waals surface area contributed by atoms with Crippen LogP contribution < -0.4 is 56.8 Å². The molecule has 4 heterocycles. The van der Waals surface area contributed by atoms with E-state index in [1.807, 2.05) is 0 Å². The molecule has 0 amide bonds. The minimum Gasteiger partial charge on any atom is -0.493 e. The van der Waals surface area contributed by atoms with Gasteiger partial charge in [-0.1, -0.05) is 0 Å². The largest absolute Gasteiger partial charge is 0.493 e. The predicted octanol–water partition coefficient (Wildman–Crippen LogP) is 3.99. The van der Waals surface area contributed by atoms with Gasteiger partial charge in [-0.2, -0.15) is 0 Å². The number of carbonyl (C=O) groups is 7. The van der Waals surface area contributed by atoms with Gasteiger partial charge in [0, 0.05) is 22.8 Å². The molecule has 27 heteroatoms. The second kappa shape index (κ2) is 23.8. The summed E-state index contributed by atoms with van der Waals surface area (Å²) in [6, 6.07) is 5.91. The molecule has 0 N–H and O–H groups in total. The van der Waals surface area contributed by atoms with Gasteiger partial charge in [-0.3, -0.25) is 0 Å². The van der Waals surface area contributed by atoms with Crippen LogP contribution in [0.3, 0.4) is 0 Å². The summed E-state index contributed by atoms with van der Waals surface area (Å²) >= 11 is 0. The number of rotatable bonds is 15. The van der Waals surface area contributed by atoms with Crippen LogP contribution in [0.4, 0.5) is 0 Å². The second-order valence-corrected chi connectivity index (χ2v) is 17.3. The minimum atomic E-state index is -2.24. The Labute approximate surface area is 460 Å². The first-order valence-electron chi connectivity index (χ1n) is 24.0. The summed E-state index contributed by atoms with van der Waals surface area (Å²) in [5, 5.41) is 0. The quantitative estimate of drug-likeness (QED) is 0.120. The van der Waals surface area contributed by atoms with E-state index in [9.17, 15) is 14.4 Å². The maximum atomic E-state index is 15.7. The Morgan fingerprint density at radius 3 is 1.40 bits per heavy atom. The normalized spacial score (nSPS) is 21.0. The molecule has 4 aromatic rings. The molecule has 0 spiro atoms. The van der Waals surface area contributed by atoms with E-state index < -0.39 is 108 Å². The van der Waals surface area contributed by atoms with Gasteiger partial charge in [0.1, 0.15) is 12.7 Å². The fourth-order valence-corrected chi connectivity index (χ4v) is 9.87. The zero-order valence-corrected chi connectivity index (χ0v) is 45.7. The molecule has 0 radical (unpaired) electrons. The molecule has 0 unspecified atom stereocenters. The van der Waals surface area contributed by atoms with Crippen LogP contribution in [0.25, 0.3) is 11.1 Å². The standard InChI is InChI=1S/C54H54O27/c1-62-26-14-21(15-27(63-2)37(26)67-6)48(56)81-54-47-46-41(78-52(60)25-19-32(55)77-45(53(61)74-13)36(25)35-24(51(59)80-47)18-30(66-5)40(70-9)44(35)73-12)31(76-54)20-75-49(57)22-16-28(64-3)38(68-7)42(71-10)33(22)34-23(50(58)79-46)17-29(65-4)39(69-8)43(34)72-11/h14-19,31,36,41,45-47,54H,20H2,1-13H3/t31-,36+,41-,45-,46+,47-,54+/m1/s1. The van der Waals surface area contributed by atoms with Crippen LogP contribution in [0.2, 0.25) is 0 Å². The molecule has 1 fully saturated rings. The number of carbonyl (C=O) groups excluding carboxylic acids is 7. The van der Waals surface area contributed by atoms with E-state index in [2.05, 4.69) is 0 Å². The third-order valence-corrected chi connectivity index (χ3v) is 13.4. The molecule has 7 atom stereocenters. The van der Waals surface area contributed by atoms with Crippen molar-refractivity contribution in [2.75, 3.05) is 99.0 Å². The highest BCUT2D eigenvalue weighted by Crippen LogP contribution is 2.56. The summed E-state index contributed by atoms with van der Waals surface area (Å²) in [4.78, 5) is 104. The van der Waals surface area contributed by atoms with Crippen molar-refractivity contribution in [2.45, 2.75) is 42.7 Å². The third kappa shape index (κ3) is 10.0. The van der Waals surface area contributed by atoms with E-state index in [1.165, 1.54) is 96.4 Å². The van der Waals surface area contributed by atoms with Gasteiger partial charge in [0.25, 0.3) is 0 Å². The number of fused-ring (bicyclic) bond motifs is 6. The SMILES string of the molecule is COC(=O)[C@@H]1OC(=O)C=C2C(=O)O[C@H]3[C@@H]4OC(=O)c5cc(OC)c(OC)c(OC)c5-c5c(cc(OC)c(OC)c5OC)C(=O)OC[C@H]3O[C@@H](OC(=O)c3cc(OC)c(OC)c(OC)c3)[C@@H]4OC(=O)c3cc(OC)c(OC)c(OC)c3[C@H]21. The van der Waals surface area contributed by atoms with Crippen molar-refractivity contribution in [3.63, 3.8) is 0 Å². The van der Waals surface area contributed by atoms with Crippen LogP contribution in [0.1, 0.15) is 52.9 Å². The van der Waals surface area contributed by atoms with Crippen LogP contribution in [-0.2, 0) is 52.3 Å². The smallest absolute Gasteiger partial charge is 0.348 e. The fraction of sp³-hybridized carbons (Fsp3) is 0.389. The van der Waals surface area contributed by atoms with Crippen LogP contribution in [0.5, 0.6) is 69.0 Å². The summed E-state index contributed by atoms with van der Waals surface area (Å²) in [6.07, 6.45) is -12.1. The van der Waals surface area contributed by atoms with Crippen LogP contribution in [0.15, 0.2) is 42.0 Å². The summed E-state index contributed by atoms with van der Waals surface area (Å²) in [5.41, 5.74) is -3.24. The Hall–Kier alpha value is -9.53. The van der Waals surface area contributed by atoms with Crippen LogP contribution in [-0.4, -0.2) is 178 Å². The highest BCUT2D eigenvalue weighted by molar-refractivity contribution is 6.09. The van der Waals surface area contributed by atoms with E-state index >= 15 is 19.2 Å². The van der Waals surface area contributed by atoms with E-state index in [-0.39, 0.29) is 96.8 Å². The monoisotopic (exact) mass is 1130 g/mol. The lowest BCUT2D eigenvalue weighted by Gasteiger charge is -2.44. The van der Waals surface area contributed by atoms with Crippen molar-refractivity contribution >= 4 is 41.8 Å². The highest BCUT2D eigenvalue weighted by Gasteiger charge is 2.57. The zero-order chi connectivity index (χ0) is 58.7. The first-order chi connectivity index (χ1) is 39.0. The topological polar surface area (TPSA) is 304 Å². The molecule has 1 saturated heterocycles. The van der Waals surface area contributed by atoms with Gasteiger partial charge < -0.3 is 94.7 Å². The van der Waals surface area contributed by atoms with Gasteiger partial charge in [0.05, 0.1) is 126 Å². The summed E-state index contributed by atoms with van der Waals surface area (Å²) in [6.45, 7) is -0.979. The Kier molecular flexibility index (Phi) is 17.0. The minimum absolute atomic E-state index is 0.00139. The number of hydrogen-bond donors (Lipinski definition) is 0. The molecule has 4 bridgehead atoms. The first kappa shape index (κ1) is 57.6. The Morgan fingerprint density at radius 2 is 0.901 bits per heavy atom. The molecule has 4 aliphatic rings. The van der Waals surface area contributed by atoms with Crippen LogP contribution >= 0.6 is 0 Å². The number of cyclic esters (lactones) is 2. The lowest BCUT2D eigenvalue weighted by molar-refractivity contribution is -0.286.